The van der Waals surface area contributed by atoms with Crippen molar-refractivity contribution in [3.05, 3.63) is 22.2 Å². The molecular weight excluding hydrogens is 352 g/mol. The quantitative estimate of drug-likeness (QED) is 0.784. The molecule has 0 aromatic heterocycles. The predicted octanol–water partition coefficient (Wildman–Crippen LogP) is 3.83. The van der Waals surface area contributed by atoms with Gasteiger partial charge in [0.25, 0.3) is 0 Å². The molecule has 0 saturated heterocycles. The van der Waals surface area contributed by atoms with E-state index in [-0.39, 0.29) is 10.3 Å². The van der Waals surface area contributed by atoms with Gasteiger partial charge in [-0.1, -0.05) is 36.7 Å². The van der Waals surface area contributed by atoms with Crippen LogP contribution in [0.5, 0.6) is 0 Å². The van der Waals surface area contributed by atoms with Crippen molar-refractivity contribution in [2.45, 2.75) is 58.4 Å². The van der Waals surface area contributed by atoms with Gasteiger partial charge in [-0.05, 0) is 50.3 Å². The monoisotopic (exact) mass is 376 g/mol. The molecule has 3 N–H and O–H groups in total. The molecule has 0 atom stereocenters. The third kappa shape index (κ3) is 5.27. The lowest BCUT2D eigenvalue weighted by Crippen LogP contribution is -2.45. The molecule has 0 amide bonds. The summed E-state index contributed by atoms with van der Waals surface area (Å²) in [5.41, 5.74) is 6.37. The molecule has 0 aliphatic rings. The Kier molecular flexibility index (Phi) is 5.18. The maximum Gasteiger partial charge on any atom is 0.241 e. The SMILES string of the molecule is Cc1c(N)cc(Br)cc1S(=O)(=O)NC(C)(C)CC(C)(C)C. The second-order valence-electron chi connectivity index (χ2n) is 7.34. The van der Waals surface area contributed by atoms with Crippen LogP contribution < -0.4 is 10.5 Å². The molecule has 0 heterocycles. The fourth-order valence-corrected chi connectivity index (χ4v) is 5.07. The summed E-state index contributed by atoms with van der Waals surface area (Å²) in [5.74, 6) is 0. The van der Waals surface area contributed by atoms with Gasteiger partial charge in [-0.2, -0.15) is 0 Å². The topological polar surface area (TPSA) is 72.2 Å². The molecule has 21 heavy (non-hydrogen) atoms. The Balaban J connectivity index is 3.19. The first-order valence-corrected chi connectivity index (χ1v) is 9.11. The standard InChI is InChI=1S/C15H25BrN2O2S/c1-10-12(17)7-11(16)8-13(10)21(19,20)18-15(5,6)9-14(2,3)4/h7-8,18H,9,17H2,1-6H3. The highest BCUT2D eigenvalue weighted by molar-refractivity contribution is 9.10. The molecule has 0 radical (unpaired) electrons. The van der Waals surface area contributed by atoms with E-state index in [1.807, 2.05) is 13.8 Å². The van der Waals surface area contributed by atoms with Crippen molar-refractivity contribution >= 4 is 31.6 Å². The number of rotatable bonds is 4. The smallest absolute Gasteiger partial charge is 0.241 e. The summed E-state index contributed by atoms with van der Waals surface area (Å²) < 4.78 is 28.8. The lowest BCUT2D eigenvalue weighted by Gasteiger charge is -2.33. The normalized spacial score (nSPS) is 13.5. The van der Waals surface area contributed by atoms with Gasteiger partial charge < -0.3 is 5.73 Å². The van der Waals surface area contributed by atoms with Crippen LogP contribution in [-0.4, -0.2) is 14.0 Å². The number of benzene rings is 1. The van der Waals surface area contributed by atoms with E-state index in [1.165, 1.54) is 0 Å². The van der Waals surface area contributed by atoms with E-state index in [0.29, 0.717) is 15.7 Å². The largest absolute Gasteiger partial charge is 0.398 e. The zero-order chi connectivity index (χ0) is 16.6. The minimum Gasteiger partial charge on any atom is -0.398 e. The van der Waals surface area contributed by atoms with Crippen molar-refractivity contribution in [3.63, 3.8) is 0 Å². The van der Waals surface area contributed by atoms with Gasteiger partial charge in [-0.15, -0.1) is 0 Å². The minimum absolute atomic E-state index is 0.0252. The number of anilines is 1. The number of sulfonamides is 1. The first-order chi connectivity index (χ1) is 9.23. The van der Waals surface area contributed by atoms with Crippen molar-refractivity contribution in [3.8, 4) is 0 Å². The zero-order valence-corrected chi connectivity index (χ0v) is 15.9. The van der Waals surface area contributed by atoms with Gasteiger partial charge in [0.2, 0.25) is 10.0 Å². The van der Waals surface area contributed by atoms with Crippen molar-refractivity contribution in [1.29, 1.82) is 0 Å². The second-order valence-corrected chi connectivity index (χ2v) is 9.91. The van der Waals surface area contributed by atoms with E-state index < -0.39 is 15.6 Å². The summed E-state index contributed by atoms with van der Waals surface area (Å²) >= 11 is 3.30. The summed E-state index contributed by atoms with van der Waals surface area (Å²) in [6.45, 7) is 11.8. The fraction of sp³-hybridized carbons (Fsp3) is 0.600. The number of nitrogens with one attached hydrogen (secondary N) is 1. The number of nitrogen functional groups attached to an aromatic ring is 1. The zero-order valence-electron chi connectivity index (χ0n) is 13.5. The second kappa shape index (κ2) is 5.89. The van der Waals surface area contributed by atoms with Crippen LogP contribution in [0.25, 0.3) is 0 Å². The highest BCUT2D eigenvalue weighted by Gasteiger charge is 2.31. The van der Waals surface area contributed by atoms with E-state index in [1.54, 1.807) is 19.1 Å². The van der Waals surface area contributed by atoms with Gasteiger partial charge in [0.15, 0.2) is 0 Å². The molecule has 6 heteroatoms. The lowest BCUT2D eigenvalue weighted by molar-refractivity contribution is 0.269. The van der Waals surface area contributed by atoms with Crippen LogP contribution >= 0.6 is 15.9 Å². The first-order valence-electron chi connectivity index (χ1n) is 6.83. The Bertz CT molecular complexity index is 632. The number of halogens is 1. The molecule has 0 saturated carbocycles. The maximum absolute atomic E-state index is 12.7. The van der Waals surface area contributed by atoms with E-state index in [0.717, 1.165) is 6.42 Å². The van der Waals surface area contributed by atoms with E-state index in [4.69, 9.17) is 5.73 Å². The van der Waals surface area contributed by atoms with Crippen molar-refractivity contribution in [1.82, 2.24) is 4.72 Å². The molecule has 0 aliphatic heterocycles. The molecular formula is C15H25BrN2O2S. The van der Waals surface area contributed by atoms with Gasteiger partial charge in [0, 0.05) is 15.7 Å². The first kappa shape index (κ1) is 18.5. The molecule has 0 aliphatic carbocycles. The number of hydrogen-bond acceptors (Lipinski definition) is 3. The average molecular weight is 377 g/mol. The van der Waals surface area contributed by atoms with Crippen LogP contribution in [0.3, 0.4) is 0 Å². The van der Waals surface area contributed by atoms with Crippen molar-refractivity contribution < 1.29 is 8.42 Å². The summed E-state index contributed by atoms with van der Waals surface area (Å²) in [7, 11) is -3.63. The summed E-state index contributed by atoms with van der Waals surface area (Å²) in [5, 5.41) is 0. The van der Waals surface area contributed by atoms with E-state index in [9.17, 15) is 8.42 Å². The summed E-state index contributed by atoms with van der Waals surface area (Å²) in [6, 6.07) is 3.29. The average Bonchev–Trinajstić information content (AvgIpc) is 2.17. The van der Waals surface area contributed by atoms with Crippen LogP contribution in [0, 0.1) is 12.3 Å². The predicted molar refractivity (Wildman–Crippen MR) is 91.8 cm³/mol. The number of hydrogen-bond donors (Lipinski definition) is 2. The van der Waals surface area contributed by atoms with Crippen LogP contribution in [0.15, 0.2) is 21.5 Å². The Morgan fingerprint density at radius 3 is 2.19 bits per heavy atom. The van der Waals surface area contributed by atoms with Crippen LogP contribution in [0.1, 0.15) is 46.6 Å². The van der Waals surface area contributed by atoms with Crippen LogP contribution in [0.4, 0.5) is 5.69 Å². The van der Waals surface area contributed by atoms with Gasteiger partial charge in [-0.25, -0.2) is 13.1 Å². The third-order valence-electron chi connectivity index (χ3n) is 3.04. The van der Waals surface area contributed by atoms with E-state index >= 15 is 0 Å². The number of nitrogens with two attached hydrogens (primary N) is 1. The molecule has 4 nitrogen and oxygen atoms in total. The molecule has 0 fully saturated rings. The van der Waals surface area contributed by atoms with Gasteiger partial charge in [0.1, 0.15) is 0 Å². The van der Waals surface area contributed by atoms with Gasteiger partial charge >= 0.3 is 0 Å². The lowest BCUT2D eigenvalue weighted by atomic mass is 9.82. The Hall–Kier alpha value is -0.590. The molecule has 1 rings (SSSR count). The van der Waals surface area contributed by atoms with Gasteiger partial charge in [0.05, 0.1) is 4.90 Å². The molecule has 0 unspecified atom stereocenters. The highest BCUT2D eigenvalue weighted by atomic mass is 79.9. The summed E-state index contributed by atoms with van der Waals surface area (Å²) in [4.78, 5) is 0.219. The minimum atomic E-state index is -3.63. The Labute approximate surface area is 136 Å². The molecule has 0 bridgehead atoms. The molecule has 1 aromatic carbocycles. The highest BCUT2D eigenvalue weighted by Crippen LogP contribution is 2.30. The Morgan fingerprint density at radius 1 is 1.19 bits per heavy atom. The van der Waals surface area contributed by atoms with Crippen molar-refractivity contribution in [2.75, 3.05) is 5.73 Å². The van der Waals surface area contributed by atoms with Crippen LogP contribution in [-0.2, 0) is 10.0 Å². The van der Waals surface area contributed by atoms with Gasteiger partial charge in [-0.3, -0.25) is 0 Å². The van der Waals surface area contributed by atoms with Crippen LogP contribution in [0.2, 0.25) is 0 Å². The molecule has 120 valence electrons. The summed E-state index contributed by atoms with van der Waals surface area (Å²) in [6.07, 6.45) is 0.724. The van der Waals surface area contributed by atoms with Crippen molar-refractivity contribution in [2.24, 2.45) is 5.41 Å². The Morgan fingerprint density at radius 2 is 1.71 bits per heavy atom. The van der Waals surface area contributed by atoms with E-state index in [2.05, 4.69) is 41.4 Å². The molecule has 0 spiro atoms. The molecule has 1 aromatic rings. The third-order valence-corrected chi connectivity index (χ3v) is 5.32. The maximum atomic E-state index is 12.7. The fourth-order valence-electron chi connectivity index (χ4n) is 2.73.